The molecule has 0 bridgehead atoms. The zero-order chi connectivity index (χ0) is 14.4. The number of nitriles is 1. The molecule has 1 aromatic heterocycles. The van der Waals surface area contributed by atoms with Crippen molar-refractivity contribution >= 4 is 17.7 Å². The van der Waals surface area contributed by atoms with E-state index in [1.165, 1.54) is 6.26 Å². The average molecular weight is 271 g/mol. The molecule has 0 aliphatic carbocycles. The van der Waals surface area contributed by atoms with Gasteiger partial charge in [0.15, 0.2) is 5.69 Å². The van der Waals surface area contributed by atoms with Crippen molar-refractivity contribution in [3.05, 3.63) is 41.8 Å². The minimum atomic E-state index is -0.520. The van der Waals surface area contributed by atoms with Gasteiger partial charge < -0.3 is 14.5 Å². The van der Waals surface area contributed by atoms with Crippen molar-refractivity contribution in [3.8, 4) is 6.07 Å². The van der Waals surface area contributed by atoms with Gasteiger partial charge in [-0.15, -0.1) is 0 Å². The zero-order valence-electron chi connectivity index (χ0n) is 10.9. The SMILES string of the molecule is CCOC(=O)c1coc(Nc2ccc(CC#N)cc2)n1. The maximum Gasteiger partial charge on any atom is 0.360 e. The highest BCUT2D eigenvalue weighted by Gasteiger charge is 2.13. The van der Waals surface area contributed by atoms with E-state index in [4.69, 9.17) is 14.4 Å². The van der Waals surface area contributed by atoms with Crippen LogP contribution in [0.15, 0.2) is 34.9 Å². The Morgan fingerprint density at radius 1 is 1.45 bits per heavy atom. The van der Waals surface area contributed by atoms with Crippen LogP contribution in [0.4, 0.5) is 11.7 Å². The fourth-order valence-electron chi connectivity index (χ4n) is 1.55. The van der Waals surface area contributed by atoms with Gasteiger partial charge in [0.25, 0.3) is 6.01 Å². The first kappa shape index (κ1) is 13.6. The van der Waals surface area contributed by atoms with Gasteiger partial charge in [-0.1, -0.05) is 12.1 Å². The van der Waals surface area contributed by atoms with E-state index < -0.39 is 5.97 Å². The maximum atomic E-state index is 11.4. The number of nitrogens with one attached hydrogen (secondary N) is 1. The molecule has 0 amide bonds. The van der Waals surface area contributed by atoms with E-state index in [9.17, 15) is 4.79 Å². The summed E-state index contributed by atoms with van der Waals surface area (Å²) in [7, 11) is 0. The van der Waals surface area contributed by atoms with Crippen molar-refractivity contribution < 1.29 is 13.9 Å². The van der Waals surface area contributed by atoms with E-state index in [1.807, 2.05) is 12.1 Å². The second kappa shape index (κ2) is 6.38. The molecule has 0 saturated carbocycles. The average Bonchev–Trinajstić information content (AvgIpc) is 2.90. The minimum absolute atomic E-state index is 0.121. The van der Waals surface area contributed by atoms with Crippen molar-refractivity contribution in [1.82, 2.24) is 4.98 Å². The number of rotatable bonds is 5. The second-order valence-electron chi connectivity index (χ2n) is 3.92. The summed E-state index contributed by atoms with van der Waals surface area (Å²) in [6.45, 7) is 2.01. The summed E-state index contributed by atoms with van der Waals surface area (Å²) in [5, 5.41) is 11.5. The Balaban J connectivity index is 2.03. The molecule has 0 aliphatic rings. The molecule has 0 radical (unpaired) electrons. The maximum absolute atomic E-state index is 11.4. The van der Waals surface area contributed by atoms with Crippen LogP contribution in [0.2, 0.25) is 0 Å². The molecule has 0 saturated heterocycles. The highest BCUT2D eigenvalue weighted by Crippen LogP contribution is 2.17. The van der Waals surface area contributed by atoms with Crippen LogP contribution in [0, 0.1) is 11.3 Å². The number of hydrogen-bond donors (Lipinski definition) is 1. The van der Waals surface area contributed by atoms with Gasteiger partial charge in [-0.25, -0.2) is 4.79 Å². The van der Waals surface area contributed by atoms with Crippen LogP contribution < -0.4 is 5.32 Å². The molecule has 20 heavy (non-hydrogen) atoms. The van der Waals surface area contributed by atoms with Gasteiger partial charge in [0, 0.05) is 5.69 Å². The van der Waals surface area contributed by atoms with Crippen molar-refractivity contribution in [2.24, 2.45) is 0 Å². The van der Waals surface area contributed by atoms with Crippen molar-refractivity contribution in [2.45, 2.75) is 13.3 Å². The van der Waals surface area contributed by atoms with Crippen LogP contribution in [0.5, 0.6) is 0 Å². The third kappa shape index (κ3) is 3.36. The Labute approximate surface area is 116 Å². The fourth-order valence-corrected chi connectivity index (χ4v) is 1.55. The topological polar surface area (TPSA) is 88.1 Å². The summed E-state index contributed by atoms with van der Waals surface area (Å²) in [4.78, 5) is 15.4. The minimum Gasteiger partial charge on any atom is -0.461 e. The van der Waals surface area contributed by atoms with Crippen molar-refractivity contribution in [1.29, 1.82) is 5.26 Å². The third-order valence-corrected chi connectivity index (χ3v) is 2.48. The number of aromatic nitrogens is 1. The molecule has 1 heterocycles. The molecule has 0 spiro atoms. The Bertz CT molecular complexity index is 626. The molecular weight excluding hydrogens is 258 g/mol. The third-order valence-electron chi connectivity index (χ3n) is 2.48. The first-order valence-corrected chi connectivity index (χ1v) is 6.08. The van der Waals surface area contributed by atoms with Crippen LogP contribution in [0.3, 0.4) is 0 Å². The fraction of sp³-hybridized carbons (Fsp3) is 0.214. The lowest BCUT2D eigenvalue weighted by Crippen LogP contribution is -2.04. The van der Waals surface area contributed by atoms with Crippen molar-refractivity contribution in [2.75, 3.05) is 11.9 Å². The van der Waals surface area contributed by atoms with E-state index in [0.717, 1.165) is 11.3 Å². The van der Waals surface area contributed by atoms with E-state index >= 15 is 0 Å². The highest BCUT2D eigenvalue weighted by atomic mass is 16.5. The molecule has 0 atom stereocenters. The summed E-state index contributed by atoms with van der Waals surface area (Å²) >= 11 is 0. The number of hydrogen-bond acceptors (Lipinski definition) is 6. The number of carbonyl (C=O) groups excluding carboxylic acids is 1. The molecular formula is C14H13N3O3. The summed E-state index contributed by atoms with van der Waals surface area (Å²) < 4.78 is 9.95. The standard InChI is InChI=1S/C14H13N3O3/c1-2-19-13(18)12-9-20-14(17-12)16-11-5-3-10(4-6-11)7-8-15/h3-6,9H,2,7H2,1H3,(H,16,17). The normalized spacial score (nSPS) is 9.80. The van der Waals surface area contributed by atoms with Gasteiger partial charge in [0.2, 0.25) is 0 Å². The largest absolute Gasteiger partial charge is 0.461 e. The predicted octanol–water partition coefficient (Wildman–Crippen LogP) is 2.66. The number of ether oxygens (including phenoxy) is 1. The number of benzene rings is 1. The second-order valence-corrected chi connectivity index (χ2v) is 3.92. The Morgan fingerprint density at radius 2 is 2.20 bits per heavy atom. The van der Waals surface area contributed by atoms with Crippen molar-refractivity contribution in [3.63, 3.8) is 0 Å². The molecule has 2 aromatic rings. The summed E-state index contributed by atoms with van der Waals surface area (Å²) in [5.74, 6) is -0.520. The number of oxazole rings is 1. The van der Waals surface area contributed by atoms with Gasteiger partial charge in [0.05, 0.1) is 19.1 Å². The monoisotopic (exact) mass is 271 g/mol. The number of nitrogens with zero attached hydrogens (tertiary/aromatic N) is 2. The molecule has 6 nitrogen and oxygen atoms in total. The Kier molecular flexibility index (Phi) is 4.35. The molecule has 1 N–H and O–H groups in total. The number of anilines is 2. The first-order chi connectivity index (χ1) is 9.72. The van der Waals surface area contributed by atoms with Gasteiger partial charge >= 0.3 is 5.97 Å². The molecule has 102 valence electrons. The highest BCUT2D eigenvalue weighted by molar-refractivity contribution is 5.87. The molecule has 0 aliphatic heterocycles. The van der Waals surface area contributed by atoms with Crippen LogP contribution in [-0.4, -0.2) is 17.6 Å². The summed E-state index contributed by atoms with van der Waals surface area (Å²) in [6.07, 6.45) is 1.61. The van der Waals surface area contributed by atoms with Gasteiger partial charge in [-0.05, 0) is 24.6 Å². The predicted molar refractivity (Wildman–Crippen MR) is 71.5 cm³/mol. The van der Waals surface area contributed by atoms with E-state index in [-0.39, 0.29) is 18.3 Å². The molecule has 6 heteroatoms. The number of carbonyl (C=O) groups is 1. The smallest absolute Gasteiger partial charge is 0.360 e. The summed E-state index contributed by atoms with van der Waals surface area (Å²) in [5.41, 5.74) is 1.80. The van der Waals surface area contributed by atoms with E-state index in [2.05, 4.69) is 16.4 Å². The Hall–Kier alpha value is -2.81. The van der Waals surface area contributed by atoms with Crippen LogP contribution in [0.1, 0.15) is 23.0 Å². The molecule has 0 unspecified atom stereocenters. The van der Waals surface area contributed by atoms with Gasteiger partial charge in [-0.3, -0.25) is 0 Å². The van der Waals surface area contributed by atoms with Crippen LogP contribution in [-0.2, 0) is 11.2 Å². The lowest BCUT2D eigenvalue weighted by molar-refractivity contribution is 0.0519. The first-order valence-electron chi connectivity index (χ1n) is 6.08. The van der Waals surface area contributed by atoms with Gasteiger partial charge in [-0.2, -0.15) is 10.2 Å². The molecule has 1 aromatic carbocycles. The summed E-state index contributed by atoms with van der Waals surface area (Å²) in [6, 6.07) is 9.57. The van der Waals surface area contributed by atoms with E-state index in [0.29, 0.717) is 6.42 Å². The van der Waals surface area contributed by atoms with Crippen LogP contribution in [0.25, 0.3) is 0 Å². The van der Waals surface area contributed by atoms with Crippen LogP contribution >= 0.6 is 0 Å². The van der Waals surface area contributed by atoms with E-state index in [1.54, 1.807) is 19.1 Å². The lowest BCUT2D eigenvalue weighted by atomic mass is 10.1. The van der Waals surface area contributed by atoms with Gasteiger partial charge in [0.1, 0.15) is 6.26 Å². The quantitative estimate of drug-likeness (QED) is 0.841. The molecule has 2 rings (SSSR count). The molecule has 0 fully saturated rings. The zero-order valence-corrected chi connectivity index (χ0v) is 10.9. The number of esters is 1. The lowest BCUT2D eigenvalue weighted by Gasteiger charge is -2.02. The Morgan fingerprint density at radius 3 is 2.85 bits per heavy atom.